The van der Waals surface area contributed by atoms with Gasteiger partial charge in [0.15, 0.2) is 0 Å². The Bertz CT molecular complexity index is 2420. The fourth-order valence-corrected chi connectivity index (χ4v) is 8.91. The number of carbonyl (C=O) groups is 2. The monoisotopic (exact) mass is 802 g/mol. The number of aliphatic hydroxyl groups is 2. The summed E-state index contributed by atoms with van der Waals surface area (Å²) in [6.07, 6.45) is 0.398. The van der Waals surface area contributed by atoms with E-state index >= 15 is 0 Å². The molecule has 0 aliphatic heterocycles. The predicted octanol–water partition coefficient (Wildman–Crippen LogP) is 9.83. The summed E-state index contributed by atoms with van der Waals surface area (Å²) in [6.45, 7) is 0. The minimum Gasteiger partial charge on any atom is -0.387 e. The van der Waals surface area contributed by atoms with Gasteiger partial charge in [-0.3, -0.25) is 9.59 Å². The average molecular weight is 803 g/mol. The van der Waals surface area contributed by atoms with E-state index in [2.05, 4.69) is 10.6 Å². The van der Waals surface area contributed by atoms with Crippen LogP contribution in [0, 0.1) is 0 Å². The normalized spacial score (nSPS) is 12.8. The van der Waals surface area contributed by atoms with Gasteiger partial charge in [-0.2, -0.15) is 0 Å². The Labute approximate surface area is 357 Å². The smallest absolute Gasteiger partial charge is 0.230 e. The summed E-state index contributed by atoms with van der Waals surface area (Å²) < 4.78 is 0. The highest BCUT2D eigenvalue weighted by molar-refractivity contribution is 5.98. The first kappa shape index (κ1) is 40.9. The summed E-state index contributed by atoms with van der Waals surface area (Å²) in [5.41, 5.74) is 2.09. The van der Waals surface area contributed by atoms with Crippen molar-refractivity contribution >= 4 is 33.4 Å². The second kappa shape index (κ2) is 18.6. The Balaban J connectivity index is 1.17. The van der Waals surface area contributed by atoms with Gasteiger partial charge in [0, 0.05) is 25.7 Å². The lowest BCUT2D eigenvalue weighted by atomic mass is 9.77. The molecule has 0 aliphatic rings. The number of hydrogen-bond acceptors (Lipinski definition) is 4. The lowest BCUT2D eigenvalue weighted by Crippen LogP contribution is -2.51. The molecular formula is C55H50N2O4. The molecule has 8 aromatic carbocycles. The molecular weight excluding hydrogens is 753 g/mol. The zero-order chi connectivity index (χ0) is 42.1. The topological polar surface area (TPSA) is 98.7 Å². The van der Waals surface area contributed by atoms with E-state index in [1.807, 2.05) is 206 Å². The predicted molar refractivity (Wildman–Crippen MR) is 245 cm³/mol. The lowest BCUT2D eigenvalue weighted by Gasteiger charge is -2.39. The van der Waals surface area contributed by atoms with Crippen molar-refractivity contribution in [1.82, 2.24) is 10.6 Å². The van der Waals surface area contributed by atoms with Crippen LogP contribution in [0.4, 0.5) is 0 Å². The summed E-state index contributed by atoms with van der Waals surface area (Å²) >= 11 is 0. The van der Waals surface area contributed by atoms with Crippen LogP contribution in [-0.2, 0) is 35.3 Å². The van der Waals surface area contributed by atoms with Crippen LogP contribution in [0.15, 0.2) is 206 Å². The molecule has 0 saturated carbocycles. The molecule has 2 amide bonds. The Kier molecular flexibility index (Phi) is 12.5. The Morgan fingerprint density at radius 2 is 0.656 bits per heavy atom. The maximum atomic E-state index is 14.5. The zero-order valence-electron chi connectivity index (χ0n) is 34.0. The molecule has 0 unspecified atom stereocenters. The van der Waals surface area contributed by atoms with Crippen molar-refractivity contribution in [2.24, 2.45) is 0 Å². The van der Waals surface area contributed by atoms with E-state index in [0.717, 1.165) is 54.9 Å². The molecule has 0 heterocycles. The van der Waals surface area contributed by atoms with Gasteiger partial charge in [0.05, 0.1) is 23.3 Å². The van der Waals surface area contributed by atoms with Gasteiger partial charge < -0.3 is 20.8 Å². The highest BCUT2D eigenvalue weighted by Crippen LogP contribution is 2.38. The van der Waals surface area contributed by atoms with Crippen molar-refractivity contribution < 1.29 is 19.8 Å². The fourth-order valence-electron chi connectivity index (χ4n) is 8.91. The number of benzene rings is 8. The van der Waals surface area contributed by atoms with Crippen LogP contribution < -0.4 is 10.6 Å². The van der Waals surface area contributed by atoms with Crippen molar-refractivity contribution in [3.8, 4) is 0 Å². The van der Waals surface area contributed by atoms with Crippen LogP contribution in [0.5, 0.6) is 0 Å². The molecule has 304 valence electrons. The molecule has 8 rings (SSSR count). The largest absolute Gasteiger partial charge is 0.387 e. The first-order valence-electron chi connectivity index (χ1n) is 20.9. The van der Waals surface area contributed by atoms with E-state index in [4.69, 9.17) is 0 Å². The molecule has 8 aromatic rings. The Morgan fingerprint density at radius 3 is 0.984 bits per heavy atom. The van der Waals surface area contributed by atoms with Gasteiger partial charge in [0.1, 0.15) is 6.42 Å². The lowest BCUT2D eigenvalue weighted by molar-refractivity contribution is -0.133. The number of fused-ring (bicyclic) bond motifs is 2. The summed E-state index contributed by atoms with van der Waals surface area (Å²) in [5, 5.41) is 36.3. The van der Waals surface area contributed by atoms with Gasteiger partial charge in [0.25, 0.3) is 0 Å². The molecule has 0 radical (unpaired) electrons. The minimum absolute atomic E-state index is 0.234. The van der Waals surface area contributed by atoms with Crippen LogP contribution in [0.25, 0.3) is 21.5 Å². The molecule has 4 N–H and O–H groups in total. The van der Waals surface area contributed by atoms with E-state index < -0.39 is 41.5 Å². The second-order valence-corrected chi connectivity index (χ2v) is 16.2. The fraction of sp³-hybridized carbons (Fsp3) is 0.164. The van der Waals surface area contributed by atoms with Gasteiger partial charge >= 0.3 is 0 Å². The Hall–Kier alpha value is -6.86. The maximum absolute atomic E-state index is 14.5. The van der Waals surface area contributed by atoms with E-state index in [0.29, 0.717) is 0 Å². The van der Waals surface area contributed by atoms with E-state index in [9.17, 15) is 19.8 Å². The van der Waals surface area contributed by atoms with Gasteiger partial charge in [-0.05, 0) is 54.9 Å². The van der Waals surface area contributed by atoms with Crippen LogP contribution >= 0.6 is 0 Å². The second-order valence-electron chi connectivity index (χ2n) is 16.2. The molecule has 2 atom stereocenters. The third-order valence-electron chi connectivity index (χ3n) is 11.7. The van der Waals surface area contributed by atoms with Gasteiger partial charge in [-0.15, -0.1) is 0 Å². The summed E-state index contributed by atoms with van der Waals surface area (Å²) in [6, 6.07) is 64.9. The van der Waals surface area contributed by atoms with Gasteiger partial charge in [0.2, 0.25) is 11.8 Å². The van der Waals surface area contributed by atoms with Crippen molar-refractivity contribution in [3.05, 3.63) is 240 Å². The van der Waals surface area contributed by atoms with E-state index in [1.54, 1.807) is 0 Å². The summed E-state index contributed by atoms with van der Waals surface area (Å²) in [5.74, 6) is -1.11. The highest BCUT2D eigenvalue weighted by Gasteiger charge is 2.42. The quantitative estimate of drug-likeness (QED) is 0.0732. The van der Waals surface area contributed by atoms with Crippen molar-refractivity contribution in [3.63, 3.8) is 0 Å². The summed E-state index contributed by atoms with van der Waals surface area (Å²) in [4.78, 5) is 29.1. The molecule has 0 aliphatic carbocycles. The molecule has 6 nitrogen and oxygen atoms in total. The van der Waals surface area contributed by atoms with E-state index in [1.165, 1.54) is 0 Å². The Morgan fingerprint density at radius 1 is 0.377 bits per heavy atom. The van der Waals surface area contributed by atoms with Crippen LogP contribution in [0.3, 0.4) is 0 Å². The first-order valence-corrected chi connectivity index (χ1v) is 20.9. The van der Waals surface area contributed by atoms with Gasteiger partial charge in [-0.25, -0.2) is 0 Å². The minimum atomic E-state index is -1.52. The SMILES string of the molecule is O=C(CC(=O)N[C@@H](c1cccc2ccccc12)C(O)(Cc1ccccc1)Cc1ccccc1)N[C@@H](c1cccc2ccccc12)C(O)(Cc1ccccc1)Cc1ccccc1. The van der Waals surface area contributed by atoms with Crippen LogP contribution in [0.2, 0.25) is 0 Å². The molecule has 0 fully saturated rings. The number of carbonyl (C=O) groups excluding carboxylic acids is 2. The maximum Gasteiger partial charge on any atom is 0.230 e. The van der Waals surface area contributed by atoms with Crippen molar-refractivity contribution in [2.75, 3.05) is 0 Å². The van der Waals surface area contributed by atoms with Crippen LogP contribution in [0.1, 0.15) is 51.9 Å². The highest BCUT2D eigenvalue weighted by atomic mass is 16.3. The third kappa shape index (κ3) is 9.79. The number of amides is 2. The molecule has 0 bridgehead atoms. The van der Waals surface area contributed by atoms with E-state index in [-0.39, 0.29) is 25.7 Å². The average Bonchev–Trinajstić information content (AvgIpc) is 3.28. The summed E-state index contributed by atoms with van der Waals surface area (Å²) in [7, 11) is 0. The van der Waals surface area contributed by atoms with Crippen LogP contribution in [-0.4, -0.2) is 33.2 Å². The molecule has 6 heteroatoms. The number of nitrogens with one attached hydrogen (secondary N) is 2. The van der Waals surface area contributed by atoms with Crippen molar-refractivity contribution in [2.45, 2.75) is 55.4 Å². The first-order chi connectivity index (χ1) is 29.8. The molecule has 0 saturated heterocycles. The standard InChI is InChI=1S/C55H50N2O4/c58-50(56-52(48-33-17-29-44-27-13-15-31-46(44)48)54(60,36-40-19-5-1-6-20-40)37-41-21-7-2-8-22-41)35-51(59)57-53(49-34-18-30-45-28-14-16-32-47(45)49)55(61,38-42-23-9-3-10-24-42)39-43-25-11-4-12-26-43/h1-34,52-53,60-61H,35-39H2,(H,56,58)(H,57,59)/t52-,53-/m0/s1. The molecule has 61 heavy (non-hydrogen) atoms. The number of hydrogen-bond donors (Lipinski definition) is 4. The zero-order valence-corrected chi connectivity index (χ0v) is 34.0. The third-order valence-corrected chi connectivity index (χ3v) is 11.7. The van der Waals surface area contributed by atoms with Crippen molar-refractivity contribution in [1.29, 1.82) is 0 Å². The molecule has 0 aromatic heterocycles. The van der Waals surface area contributed by atoms with Gasteiger partial charge in [-0.1, -0.05) is 206 Å². The number of rotatable bonds is 16. The molecule has 0 spiro atoms.